The van der Waals surface area contributed by atoms with Gasteiger partial charge in [0.1, 0.15) is 11.5 Å². The number of aromatic amines is 1. The van der Waals surface area contributed by atoms with Crippen molar-refractivity contribution < 1.29 is 9.18 Å². The Kier molecular flexibility index (Phi) is 6.94. The minimum Gasteiger partial charge on any atom is -0.370 e. The molecular weight excluding hydrogens is 543 g/mol. The van der Waals surface area contributed by atoms with E-state index in [4.69, 9.17) is 4.98 Å². The number of aromatic nitrogens is 4. The number of pyridine rings is 2. The molecule has 0 aliphatic carbocycles. The van der Waals surface area contributed by atoms with E-state index in [0.29, 0.717) is 33.9 Å². The van der Waals surface area contributed by atoms with E-state index in [9.17, 15) is 4.79 Å². The largest absolute Gasteiger partial charge is 0.370 e. The summed E-state index contributed by atoms with van der Waals surface area (Å²) in [6.45, 7) is 4.05. The summed E-state index contributed by atoms with van der Waals surface area (Å²) in [4.78, 5) is 32.2. The van der Waals surface area contributed by atoms with Crippen LogP contribution in [0.4, 0.5) is 21.5 Å². The first-order chi connectivity index (χ1) is 21.0. The maximum atomic E-state index is 16.4. The van der Waals surface area contributed by atoms with Crippen LogP contribution in [0.3, 0.4) is 0 Å². The number of anilines is 3. The summed E-state index contributed by atoms with van der Waals surface area (Å²) < 4.78 is 16.4. The molecule has 9 nitrogen and oxygen atoms in total. The number of hydrazine groups is 1. The molecule has 0 bridgehead atoms. The van der Waals surface area contributed by atoms with Gasteiger partial charge in [0.2, 0.25) is 5.91 Å². The Morgan fingerprint density at radius 1 is 1.05 bits per heavy atom. The Balaban J connectivity index is 1.22. The summed E-state index contributed by atoms with van der Waals surface area (Å²) >= 11 is 0. The lowest BCUT2D eigenvalue weighted by Gasteiger charge is -2.29. The predicted octanol–water partition coefficient (Wildman–Crippen LogP) is 5.96. The summed E-state index contributed by atoms with van der Waals surface area (Å²) in [5.74, 6) is -0.136. The van der Waals surface area contributed by atoms with Crippen LogP contribution in [0.15, 0.2) is 73.3 Å². The van der Waals surface area contributed by atoms with Crippen LogP contribution in [0.1, 0.15) is 41.8 Å². The molecule has 1 saturated heterocycles. The number of H-pyrrole nitrogens is 1. The number of imidazole rings is 1. The number of nitrogens with one attached hydrogen (secondary N) is 4. The first-order valence-corrected chi connectivity index (χ1v) is 14.5. The van der Waals surface area contributed by atoms with E-state index in [2.05, 4.69) is 48.2 Å². The van der Waals surface area contributed by atoms with Gasteiger partial charge in [-0.1, -0.05) is 36.4 Å². The number of carbonyl (C=O) groups is 1. The lowest BCUT2D eigenvalue weighted by molar-refractivity contribution is -0.115. The first kappa shape index (κ1) is 26.6. The van der Waals surface area contributed by atoms with Crippen LogP contribution in [0, 0.1) is 12.7 Å². The number of hydrogen-bond acceptors (Lipinski definition) is 7. The number of halogens is 1. The van der Waals surface area contributed by atoms with Crippen molar-refractivity contribution in [1.29, 1.82) is 0 Å². The highest BCUT2D eigenvalue weighted by molar-refractivity contribution is 5.96. The minimum absolute atomic E-state index is 0.126. The fraction of sp³-hybridized carbons (Fsp3) is 0.212. The summed E-state index contributed by atoms with van der Waals surface area (Å²) in [6.07, 6.45) is 10.2. The minimum atomic E-state index is -0.513. The van der Waals surface area contributed by atoms with Crippen LogP contribution in [0.5, 0.6) is 0 Å². The average Bonchev–Trinajstić information content (AvgIpc) is 3.49. The van der Waals surface area contributed by atoms with E-state index in [1.165, 1.54) is 18.8 Å². The van der Waals surface area contributed by atoms with Gasteiger partial charge in [0.15, 0.2) is 5.82 Å². The molecule has 1 amide bonds. The van der Waals surface area contributed by atoms with E-state index >= 15 is 4.39 Å². The molecule has 216 valence electrons. The van der Waals surface area contributed by atoms with E-state index < -0.39 is 5.82 Å². The predicted molar refractivity (Wildman–Crippen MR) is 167 cm³/mol. The van der Waals surface area contributed by atoms with Crippen molar-refractivity contribution >= 4 is 39.6 Å². The number of fused-ring (bicyclic) bond motifs is 2. The molecule has 0 atom stereocenters. The van der Waals surface area contributed by atoms with Crippen LogP contribution in [-0.2, 0) is 11.2 Å². The van der Waals surface area contributed by atoms with Gasteiger partial charge in [-0.15, -0.1) is 0 Å². The second kappa shape index (κ2) is 11.2. The van der Waals surface area contributed by atoms with Gasteiger partial charge in [0, 0.05) is 36.6 Å². The maximum absolute atomic E-state index is 16.4. The van der Waals surface area contributed by atoms with Crippen molar-refractivity contribution in [2.75, 3.05) is 28.7 Å². The van der Waals surface area contributed by atoms with Crippen molar-refractivity contribution in [3.63, 3.8) is 0 Å². The molecule has 0 spiro atoms. The van der Waals surface area contributed by atoms with E-state index in [0.717, 1.165) is 53.8 Å². The zero-order chi connectivity index (χ0) is 29.3. The highest BCUT2D eigenvalue weighted by Gasteiger charge is 2.26. The van der Waals surface area contributed by atoms with Crippen LogP contribution in [0.2, 0.25) is 0 Å². The molecule has 4 N–H and O–H groups in total. The molecule has 3 aromatic heterocycles. The van der Waals surface area contributed by atoms with Gasteiger partial charge in [0.05, 0.1) is 52.5 Å². The van der Waals surface area contributed by atoms with Crippen molar-refractivity contribution in [2.45, 2.75) is 32.6 Å². The zero-order valence-electron chi connectivity index (χ0n) is 23.7. The molecule has 43 heavy (non-hydrogen) atoms. The van der Waals surface area contributed by atoms with Gasteiger partial charge in [-0.3, -0.25) is 20.2 Å². The van der Waals surface area contributed by atoms with Crippen LogP contribution < -0.4 is 21.1 Å². The fourth-order valence-electron chi connectivity index (χ4n) is 5.85. The van der Waals surface area contributed by atoms with Crippen molar-refractivity contribution in [3.05, 3.63) is 102 Å². The molecule has 0 radical (unpaired) electrons. The molecule has 0 saturated carbocycles. The zero-order valence-corrected chi connectivity index (χ0v) is 23.7. The molecule has 5 heterocycles. The average molecular weight is 575 g/mol. The molecule has 1 fully saturated rings. The highest BCUT2D eigenvalue weighted by Crippen LogP contribution is 2.38. The quantitative estimate of drug-likeness (QED) is 0.198. The van der Waals surface area contributed by atoms with Crippen molar-refractivity contribution in [2.24, 2.45) is 0 Å². The Morgan fingerprint density at radius 3 is 2.72 bits per heavy atom. The van der Waals surface area contributed by atoms with E-state index in [1.807, 2.05) is 37.3 Å². The number of hydrogen-bond donors (Lipinski definition) is 4. The molecule has 2 aromatic carbocycles. The fourth-order valence-corrected chi connectivity index (χ4v) is 5.85. The summed E-state index contributed by atoms with van der Waals surface area (Å²) in [5.41, 5.74) is 13.4. The summed E-state index contributed by atoms with van der Waals surface area (Å²) in [7, 11) is 0. The number of carbonyl (C=O) groups excluding carboxylic acids is 1. The Labute approximate surface area is 248 Å². The summed E-state index contributed by atoms with van der Waals surface area (Å²) in [5, 5.41) is 2.87. The van der Waals surface area contributed by atoms with Crippen LogP contribution >= 0.6 is 0 Å². The highest BCUT2D eigenvalue weighted by atomic mass is 19.1. The molecule has 2 aliphatic rings. The number of aryl methyl sites for hydroxylation is 1. The third-order valence-electron chi connectivity index (χ3n) is 7.99. The topological polar surface area (TPSA) is 111 Å². The Morgan fingerprint density at radius 2 is 1.88 bits per heavy atom. The number of piperidine rings is 1. The smallest absolute Gasteiger partial charge is 0.228 e. The number of nitrogens with zero attached hydrogens (tertiary/aromatic N) is 4. The second-order valence-corrected chi connectivity index (χ2v) is 11.0. The number of rotatable bonds is 6. The van der Waals surface area contributed by atoms with Crippen LogP contribution in [-0.4, -0.2) is 38.9 Å². The lowest BCUT2D eigenvalue weighted by atomic mass is 10.0. The molecule has 2 aliphatic heterocycles. The SMILES string of the molecule is Cc1ccc(N2CCCCC2)c2[nH]c(C3=CNNc4cnc(-c5cncc(NC(=O)Cc6ccccc6)c5)c(F)c43)nc12. The van der Waals surface area contributed by atoms with Gasteiger partial charge in [0.25, 0.3) is 0 Å². The Hall–Kier alpha value is -5.25. The van der Waals surface area contributed by atoms with E-state index in [1.54, 1.807) is 18.5 Å². The maximum Gasteiger partial charge on any atom is 0.228 e. The normalized spacial score (nSPS) is 14.5. The van der Waals surface area contributed by atoms with Gasteiger partial charge < -0.3 is 20.6 Å². The monoisotopic (exact) mass is 574 g/mol. The number of amides is 1. The lowest BCUT2D eigenvalue weighted by Crippen LogP contribution is -2.29. The molecular formula is C33H31FN8O. The van der Waals surface area contributed by atoms with E-state index in [-0.39, 0.29) is 18.0 Å². The Bertz CT molecular complexity index is 1860. The molecule has 5 aromatic rings. The molecule has 10 heteroatoms. The molecule has 7 rings (SSSR count). The van der Waals surface area contributed by atoms with Crippen LogP contribution in [0.25, 0.3) is 27.9 Å². The van der Waals surface area contributed by atoms with Gasteiger partial charge in [-0.2, -0.15) is 0 Å². The van der Waals surface area contributed by atoms with Gasteiger partial charge in [-0.05, 0) is 49.4 Å². The third-order valence-corrected chi connectivity index (χ3v) is 7.99. The number of benzene rings is 2. The standard InChI is InChI=1S/C33H31FN8O/c1-20-10-11-26(42-12-6-3-7-13-42)32-30(20)39-33(40-32)24-18-37-41-25-19-36-31(29(34)28(24)25)22-15-23(17-35-16-22)38-27(43)14-21-8-4-2-5-9-21/h2,4-5,8-11,15-19,37,41H,3,6-7,12-14H2,1H3,(H,38,43)(H,39,40). The summed E-state index contributed by atoms with van der Waals surface area (Å²) in [6, 6.07) is 15.4. The van der Waals surface area contributed by atoms with Crippen molar-refractivity contribution in [1.82, 2.24) is 25.4 Å². The van der Waals surface area contributed by atoms with Crippen molar-refractivity contribution in [3.8, 4) is 11.3 Å². The van der Waals surface area contributed by atoms with Gasteiger partial charge >= 0.3 is 0 Å². The molecule has 0 unspecified atom stereocenters. The third kappa shape index (κ3) is 5.16. The first-order valence-electron chi connectivity index (χ1n) is 14.5. The second-order valence-electron chi connectivity index (χ2n) is 11.0. The van der Waals surface area contributed by atoms with Gasteiger partial charge in [-0.25, -0.2) is 9.37 Å².